The number of hydrogen-bond donors (Lipinski definition) is 1. The lowest BCUT2D eigenvalue weighted by molar-refractivity contribution is -0.145. The Balaban J connectivity index is 1.57. The highest BCUT2D eigenvalue weighted by molar-refractivity contribution is 9.10. The highest BCUT2D eigenvalue weighted by Crippen LogP contribution is 2.57. The van der Waals surface area contributed by atoms with Crippen LogP contribution in [0.25, 0.3) is 0 Å². The number of nitrogens with one attached hydrogen (secondary N) is 1. The molecule has 0 spiro atoms. The minimum atomic E-state index is -0.222. The smallest absolute Gasteiger partial charge is 0.310 e. The van der Waals surface area contributed by atoms with Gasteiger partial charge in [0.25, 0.3) is 0 Å². The van der Waals surface area contributed by atoms with Crippen molar-refractivity contribution < 1.29 is 14.3 Å². The molecule has 1 heterocycles. The van der Waals surface area contributed by atoms with E-state index in [0.29, 0.717) is 5.92 Å². The molecule has 2 saturated carbocycles. The van der Waals surface area contributed by atoms with Crippen LogP contribution in [0, 0.1) is 37.5 Å². The molecule has 4 rings (SSSR count). The highest BCUT2D eigenvalue weighted by atomic mass is 79.9. The van der Waals surface area contributed by atoms with Crippen molar-refractivity contribution in [3.8, 4) is 0 Å². The summed E-state index contributed by atoms with van der Waals surface area (Å²) < 4.78 is 6.46. The zero-order valence-electron chi connectivity index (χ0n) is 12.6. The molecule has 1 aliphatic heterocycles. The van der Waals surface area contributed by atoms with Crippen molar-refractivity contribution in [1.82, 2.24) is 0 Å². The first-order chi connectivity index (χ1) is 10.5. The summed E-state index contributed by atoms with van der Waals surface area (Å²) in [6, 6.07) is 3.91. The molecular formula is C17H18BrNO3. The van der Waals surface area contributed by atoms with Crippen molar-refractivity contribution in [2.24, 2.45) is 23.7 Å². The third-order valence-electron chi connectivity index (χ3n) is 5.49. The molecule has 5 heteroatoms. The molecule has 5 atom stereocenters. The van der Waals surface area contributed by atoms with Crippen LogP contribution in [0.4, 0.5) is 5.69 Å². The lowest BCUT2D eigenvalue weighted by atomic mass is 9.79. The topological polar surface area (TPSA) is 55.4 Å². The Bertz CT molecular complexity index is 661. The largest absolute Gasteiger partial charge is 0.462 e. The molecule has 2 bridgehead atoms. The van der Waals surface area contributed by atoms with Crippen LogP contribution in [0.2, 0.25) is 0 Å². The molecule has 3 fully saturated rings. The Morgan fingerprint density at radius 1 is 1.27 bits per heavy atom. The van der Waals surface area contributed by atoms with Gasteiger partial charge in [-0.25, -0.2) is 0 Å². The Morgan fingerprint density at radius 3 is 2.64 bits per heavy atom. The third kappa shape index (κ3) is 1.94. The molecule has 1 N–H and O–H groups in total. The number of anilines is 1. The molecule has 4 nitrogen and oxygen atoms in total. The Hall–Kier alpha value is -1.36. The summed E-state index contributed by atoms with van der Waals surface area (Å²) in [6.45, 7) is 4.01. The number of carbonyl (C=O) groups is 2. The zero-order valence-corrected chi connectivity index (χ0v) is 14.1. The lowest BCUT2D eigenvalue weighted by Crippen LogP contribution is -2.35. The van der Waals surface area contributed by atoms with E-state index in [1.165, 1.54) is 0 Å². The number of carbonyl (C=O) groups excluding carboxylic acids is 2. The van der Waals surface area contributed by atoms with Gasteiger partial charge in [0.15, 0.2) is 0 Å². The van der Waals surface area contributed by atoms with E-state index >= 15 is 0 Å². The maximum atomic E-state index is 12.7. The molecule has 1 saturated heterocycles. The van der Waals surface area contributed by atoms with Crippen molar-refractivity contribution in [3.05, 3.63) is 27.7 Å². The summed E-state index contributed by atoms with van der Waals surface area (Å²) >= 11 is 3.53. The van der Waals surface area contributed by atoms with E-state index in [9.17, 15) is 9.59 Å². The molecule has 1 aromatic rings. The Kier molecular flexibility index (Phi) is 3.12. The van der Waals surface area contributed by atoms with Crippen LogP contribution in [0.5, 0.6) is 0 Å². The fraction of sp³-hybridized carbons (Fsp3) is 0.529. The third-order valence-corrected chi connectivity index (χ3v) is 6.74. The molecule has 3 aliphatic rings. The molecule has 0 radical (unpaired) electrons. The van der Waals surface area contributed by atoms with Crippen LogP contribution in [-0.2, 0) is 14.3 Å². The van der Waals surface area contributed by atoms with E-state index < -0.39 is 0 Å². The second-order valence-corrected chi connectivity index (χ2v) is 7.63. The van der Waals surface area contributed by atoms with Crippen molar-refractivity contribution in [2.45, 2.75) is 32.8 Å². The minimum Gasteiger partial charge on any atom is -0.462 e. The number of hydrogen-bond acceptors (Lipinski definition) is 3. The summed E-state index contributed by atoms with van der Waals surface area (Å²) in [5, 5.41) is 3.01. The molecule has 116 valence electrons. The summed E-state index contributed by atoms with van der Waals surface area (Å²) in [5.74, 6) is -0.0816. The van der Waals surface area contributed by atoms with Gasteiger partial charge in [-0.2, -0.15) is 0 Å². The maximum Gasteiger partial charge on any atom is 0.310 e. The summed E-state index contributed by atoms with van der Waals surface area (Å²) in [5.41, 5.74) is 2.97. The summed E-state index contributed by atoms with van der Waals surface area (Å²) in [4.78, 5) is 24.7. The van der Waals surface area contributed by atoms with E-state index in [0.717, 1.165) is 34.1 Å². The average molecular weight is 364 g/mol. The average Bonchev–Trinajstić information content (AvgIpc) is 3.05. The number of benzene rings is 1. The number of halogens is 1. The first-order valence-corrected chi connectivity index (χ1v) is 8.53. The highest BCUT2D eigenvalue weighted by Gasteiger charge is 2.63. The predicted octanol–water partition coefficient (Wildman–Crippen LogP) is 3.20. The lowest BCUT2D eigenvalue weighted by Gasteiger charge is -2.23. The molecular weight excluding hydrogens is 346 g/mol. The molecule has 0 aromatic heterocycles. The van der Waals surface area contributed by atoms with Crippen LogP contribution in [-0.4, -0.2) is 18.0 Å². The Morgan fingerprint density at radius 2 is 1.95 bits per heavy atom. The first-order valence-electron chi connectivity index (χ1n) is 7.74. The quantitative estimate of drug-likeness (QED) is 0.820. The van der Waals surface area contributed by atoms with Crippen molar-refractivity contribution >= 4 is 33.5 Å². The van der Waals surface area contributed by atoms with Gasteiger partial charge in [0.1, 0.15) is 6.10 Å². The van der Waals surface area contributed by atoms with Gasteiger partial charge in [0, 0.05) is 16.1 Å². The second kappa shape index (κ2) is 4.82. The molecule has 1 amide bonds. The van der Waals surface area contributed by atoms with E-state index in [-0.39, 0.29) is 35.7 Å². The Labute approximate surface area is 137 Å². The van der Waals surface area contributed by atoms with Crippen molar-refractivity contribution in [1.29, 1.82) is 0 Å². The number of rotatable bonds is 2. The number of aryl methyl sites for hydroxylation is 2. The van der Waals surface area contributed by atoms with Gasteiger partial charge < -0.3 is 10.1 Å². The normalized spacial score (nSPS) is 34.9. The monoisotopic (exact) mass is 363 g/mol. The molecule has 22 heavy (non-hydrogen) atoms. The zero-order chi connectivity index (χ0) is 15.6. The first kappa shape index (κ1) is 14.2. The van der Waals surface area contributed by atoms with Gasteiger partial charge in [0.2, 0.25) is 5.91 Å². The van der Waals surface area contributed by atoms with Gasteiger partial charge in [0.05, 0.1) is 11.8 Å². The fourth-order valence-corrected chi connectivity index (χ4v) is 4.84. The van der Waals surface area contributed by atoms with Crippen molar-refractivity contribution in [3.63, 3.8) is 0 Å². The van der Waals surface area contributed by atoms with Gasteiger partial charge in [-0.05, 0) is 55.9 Å². The van der Waals surface area contributed by atoms with Crippen LogP contribution in [0.15, 0.2) is 16.6 Å². The van der Waals surface area contributed by atoms with Crippen LogP contribution >= 0.6 is 15.9 Å². The van der Waals surface area contributed by atoms with Crippen molar-refractivity contribution in [2.75, 3.05) is 5.32 Å². The maximum absolute atomic E-state index is 12.7. The predicted molar refractivity (Wildman–Crippen MR) is 85.3 cm³/mol. The number of ether oxygens (including phenoxy) is 1. The van der Waals surface area contributed by atoms with Gasteiger partial charge in [-0.3, -0.25) is 9.59 Å². The standard InChI is InChI=1S/C17H18BrNO3/c1-7-3-10(4-8(2)15(7)18)19-16(20)13-9-5-11-12(6-9)22-17(21)14(11)13/h3-4,9,11-14H,5-6H2,1-2H3,(H,19,20). The van der Waals surface area contributed by atoms with Crippen LogP contribution < -0.4 is 5.32 Å². The fourth-order valence-electron chi connectivity index (χ4n) is 4.61. The van der Waals surface area contributed by atoms with Crippen LogP contribution in [0.1, 0.15) is 24.0 Å². The second-order valence-electron chi connectivity index (χ2n) is 6.84. The summed E-state index contributed by atoms with van der Waals surface area (Å²) in [6.07, 6.45) is 1.88. The van der Waals surface area contributed by atoms with E-state index in [1.54, 1.807) is 0 Å². The minimum absolute atomic E-state index is 0.0316. The van der Waals surface area contributed by atoms with Gasteiger partial charge in [-0.15, -0.1) is 0 Å². The summed E-state index contributed by atoms with van der Waals surface area (Å²) in [7, 11) is 0. The SMILES string of the molecule is Cc1cc(NC(=O)C2C3CC4OC(=O)C2C4C3)cc(C)c1Br. The molecule has 1 aromatic carbocycles. The van der Waals surface area contributed by atoms with Crippen LogP contribution in [0.3, 0.4) is 0 Å². The number of fused-ring (bicyclic) bond motifs is 1. The number of esters is 1. The number of amides is 1. The molecule has 2 aliphatic carbocycles. The van der Waals surface area contributed by atoms with Gasteiger partial charge >= 0.3 is 5.97 Å². The molecule has 5 unspecified atom stereocenters. The van der Waals surface area contributed by atoms with E-state index in [2.05, 4.69) is 21.2 Å². The van der Waals surface area contributed by atoms with E-state index in [1.807, 2.05) is 26.0 Å². The van der Waals surface area contributed by atoms with Gasteiger partial charge in [-0.1, -0.05) is 15.9 Å². The van der Waals surface area contributed by atoms with E-state index in [4.69, 9.17) is 4.74 Å².